The smallest absolute Gasteiger partial charge is 0.161 e. The topological polar surface area (TPSA) is 47.7 Å². The number of fused-ring (bicyclic) bond motifs is 10. The monoisotopic (exact) mass is 820 g/mol. The highest BCUT2D eigenvalue weighted by atomic mass is 16.3. The SMILES string of the molecule is CC1C/C=C(c2ccc3oc4ccccc4c3c2-n2c3ccccc3c3cc4ccccc4cc32)/N=C(c2cccc(-c3ccccc3)c2)\N=C/1n1c2ccccc2c2ccccc21. The Morgan fingerprint density at radius 3 is 1.80 bits per heavy atom. The highest BCUT2D eigenvalue weighted by Crippen LogP contribution is 2.44. The Bertz CT molecular complexity index is 3900. The molecule has 1 aliphatic heterocycles. The molecular formula is C59H40N4O. The lowest BCUT2D eigenvalue weighted by Crippen LogP contribution is -2.23. The van der Waals surface area contributed by atoms with Crippen LogP contribution in [0.5, 0.6) is 0 Å². The molecule has 3 aromatic heterocycles. The molecule has 0 radical (unpaired) electrons. The maximum absolute atomic E-state index is 6.67. The lowest BCUT2D eigenvalue weighted by atomic mass is 9.98. The molecule has 0 saturated carbocycles. The number of allylic oxidation sites excluding steroid dienone is 1. The first-order chi connectivity index (χ1) is 31.7. The van der Waals surface area contributed by atoms with Crippen molar-refractivity contribution >= 4 is 93.7 Å². The van der Waals surface area contributed by atoms with Gasteiger partial charge in [0, 0.05) is 44.0 Å². The zero-order valence-corrected chi connectivity index (χ0v) is 35.1. The average Bonchev–Trinajstić information content (AvgIpc) is 4.00. The lowest BCUT2D eigenvalue weighted by Gasteiger charge is -2.22. The quantitative estimate of drug-likeness (QED) is 0.174. The molecule has 13 rings (SSSR count). The molecule has 302 valence electrons. The lowest BCUT2D eigenvalue weighted by molar-refractivity contribution is 0.669. The van der Waals surface area contributed by atoms with E-state index >= 15 is 0 Å². The van der Waals surface area contributed by atoms with Crippen molar-refractivity contribution < 1.29 is 4.42 Å². The average molecular weight is 821 g/mol. The van der Waals surface area contributed by atoms with Crippen molar-refractivity contribution in [3.63, 3.8) is 0 Å². The van der Waals surface area contributed by atoms with Gasteiger partial charge >= 0.3 is 0 Å². The molecule has 5 heteroatoms. The van der Waals surface area contributed by atoms with Crippen molar-refractivity contribution in [3.05, 3.63) is 217 Å². The molecule has 0 aliphatic carbocycles. The number of nitrogens with zero attached hydrogens (tertiary/aromatic N) is 4. The summed E-state index contributed by atoms with van der Waals surface area (Å²) in [5.74, 6) is 1.64. The molecular weight excluding hydrogens is 781 g/mol. The van der Waals surface area contributed by atoms with Gasteiger partial charge in [0.15, 0.2) is 5.84 Å². The minimum absolute atomic E-state index is 0.0264. The van der Waals surface area contributed by atoms with E-state index in [2.05, 4.69) is 216 Å². The minimum Gasteiger partial charge on any atom is -0.456 e. The Morgan fingerprint density at radius 1 is 0.453 bits per heavy atom. The second-order valence-electron chi connectivity index (χ2n) is 17.0. The maximum Gasteiger partial charge on any atom is 0.161 e. The number of aromatic nitrogens is 2. The van der Waals surface area contributed by atoms with Crippen molar-refractivity contribution in [3.8, 4) is 16.8 Å². The van der Waals surface area contributed by atoms with Gasteiger partial charge in [-0.3, -0.25) is 4.57 Å². The van der Waals surface area contributed by atoms with Crippen LogP contribution in [0.15, 0.2) is 221 Å². The van der Waals surface area contributed by atoms with Crippen LogP contribution in [0.1, 0.15) is 24.5 Å². The maximum atomic E-state index is 6.67. The summed E-state index contributed by atoms with van der Waals surface area (Å²) in [5.41, 5.74) is 12.3. The molecule has 1 unspecified atom stereocenters. The Hall–Kier alpha value is -8.28. The molecule has 0 spiro atoms. The summed E-state index contributed by atoms with van der Waals surface area (Å²) in [6, 6.07) is 71.4. The summed E-state index contributed by atoms with van der Waals surface area (Å²) in [4.78, 5) is 11.5. The van der Waals surface area contributed by atoms with Crippen LogP contribution in [-0.2, 0) is 0 Å². The third-order valence-corrected chi connectivity index (χ3v) is 13.1. The normalized spacial score (nSPS) is 17.1. The molecule has 0 saturated heterocycles. The Balaban J connectivity index is 1.12. The number of benzene rings is 9. The van der Waals surface area contributed by atoms with Crippen LogP contribution in [0.2, 0.25) is 0 Å². The van der Waals surface area contributed by atoms with Crippen LogP contribution in [-0.4, -0.2) is 20.8 Å². The van der Waals surface area contributed by atoms with Crippen LogP contribution >= 0.6 is 0 Å². The first-order valence-electron chi connectivity index (χ1n) is 22.0. The van der Waals surface area contributed by atoms with Crippen molar-refractivity contribution in [1.29, 1.82) is 0 Å². The number of hydrogen-bond donors (Lipinski definition) is 0. The molecule has 0 fully saturated rings. The summed E-state index contributed by atoms with van der Waals surface area (Å²) < 4.78 is 11.5. The van der Waals surface area contributed by atoms with Gasteiger partial charge in [0.1, 0.15) is 17.0 Å². The number of hydrogen-bond acceptors (Lipinski definition) is 3. The predicted octanol–water partition coefficient (Wildman–Crippen LogP) is 15.4. The molecule has 0 N–H and O–H groups in total. The van der Waals surface area contributed by atoms with Crippen LogP contribution in [0.4, 0.5) is 0 Å². The molecule has 64 heavy (non-hydrogen) atoms. The zero-order valence-electron chi connectivity index (χ0n) is 35.1. The first-order valence-corrected chi connectivity index (χ1v) is 22.0. The van der Waals surface area contributed by atoms with Crippen molar-refractivity contribution in [2.75, 3.05) is 0 Å². The largest absolute Gasteiger partial charge is 0.456 e. The van der Waals surface area contributed by atoms with Gasteiger partial charge < -0.3 is 8.98 Å². The van der Waals surface area contributed by atoms with Crippen LogP contribution in [0.25, 0.3) is 98.8 Å². The van der Waals surface area contributed by atoms with Crippen molar-refractivity contribution in [1.82, 2.24) is 9.13 Å². The van der Waals surface area contributed by atoms with Gasteiger partial charge in [0.25, 0.3) is 0 Å². The third-order valence-electron chi connectivity index (χ3n) is 13.1. The van der Waals surface area contributed by atoms with Gasteiger partial charge in [0.05, 0.1) is 38.8 Å². The van der Waals surface area contributed by atoms with Crippen molar-refractivity contribution in [2.24, 2.45) is 15.9 Å². The fraction of sp³-hybridized carbons (Fsp3) is 0.0508. The van der Waals surface area contributed by atoms with Gasteiger partial charge in [-0.05, 0) is 82.9 Å². The molecule has 4 heterocycles. The van der Waals surface area contributed by atoms with E-state index in [4.69, 9.17) is 14.4 Å². The van der Waals surface area contributed by atoms with Crippen molar-refractivity contribution in [2.45, 2.75) is 13.3 Å². The van der Waals surface area contributed by atoms with Gasteiger partial charge in [-0.2, -0.15) is 0 Å². The minimum atomic E-state index is 0.0264. The Labute approximate surface area is 369 Å². The van der Waals surface area contributed by atoms with E-state index in [9.17, 15) is 0 Å². The standard InChI is InChI=1S/C59H40N4O/c1-37-30-32-49(60-58(42-21-15-20-39(34-42)38-16-3-2-4-17-38)61-59(37)63-51-27-12-7-22-43(51)44-23-8-13-28-52(44)63)46-31-33-55-56(47-25-10-14-29-54(47)64-55)57(46)62-50-26-11-9-24-45(50)48-35-40-18-5-6-19-41(40)36-53(48)62/h2-29,31-37H,30H2,1H3/b49-32+,60-58-,61-59+. The van der Waals surface area contributed by atoms with Gasteiger partial charge in [-0.15, -0.1) is 0 Å². The van der Waals surface area contributed by atoms with Crippen LogP contribution in [0, 0.1) is 5.92 Å². The highest BCUT2D eigenvalue weighted by molar-refractivity contribution is 6.20. The van der Waals surface area contributed by atoms with Crippen LogP contribution < -0.4 is 0 Å². The molecule has 0 bridgehead atoms. The number of para-hydroxylation sites is 4. The molecule has 5 nitrogen and oxygen atoms in total. The number of rotatable bonds is 4. The Kier molecular flexibility index (Phi) is 8.19. The summed E-state index contributed by atoms with van der Waals surface area (Å²) in [7, 11) is 0. The fourth-order valence-corrected chi connectivity index (χ4v) is 10.1. The van der Waals surface area contributed by atoms with E-state index < -0.39 is 0 Å². The van der Waals surface area contributed by atoms with Gasteiger partial charge in [-0.1, -0.05) is 159 Å². The van der Waals surface area contributed by atoms with E-state index in [1.807, 2.05) is 6.07 Å². The van der Waals surface area contributed by atoms with E-state index in [1.165, 1.54) is 32.3 Å². The summed E-state index contributed by atoms with van der Waals surface area (Å²) in [5, 5.41) is 9.33. The molecule has 12 aromatic rings. The van der Waals surface area contributed by atoms with E-state index in [1.54, 1.807) is 0 Å². The first kappa shape index (κ1) is 36.4. The predicted molar refractivity (Wildman–Crippen MR) is 268 cm³/mol. The van der Waals surface area contributed by atoms with Gasteiger partial charge in [0.2, 0.25) is 0 Å². The van der Waals surface area contributed by atoms with E-state index in [0.717, 1.165) is 89.9 Å². The molecule has 0 amide bonds. The summed E-state index contributed by atoms with van der Waals surface area (Å²) >= 11 is 0. The number of aliphatic imine (C=N–C) groups is 2. The number of amidine groups is 1. The second kappa shape index (κ2) is 14.4. The summed E-state index contributed by atoms with van der Waals surface area (Å²) in [6.45, 7) is 2.30. The van der Waals surface area contributed by atoms with E-state index in [-0.39, 0.29) is 5.92 Å². The molecule has 1 aliphatic rings. The fourth-order valence-electron chi connectivity index (χ4n) is 10.1. The molecule has 1 atom stereocenters. The summed E-state index contributed by atoms with van der Waals surface area (Å²) in [6.07, 6.45) is 3.06. The van der Waals surface area contributed by atoms with E-state index in [0.29, 0.717) is 5.84 Å². The highest BCUT2D eigenvalue weighted by Gasteiger charge is 2.26. The Morgan fingerprint density at radius 2 is 1.05 bits per heavy atom. The third kappa shape index (κ3) is 5.64. The second-order valence-corrected chi connectivity index (χ2v) is 17.0. The molecule has 9 aromatic carbocycles. The van der Waals surface area contributed by atoms with Crippen LogP contribution in [0.3, 0.4) is 0 Å². The zero-order chi connectivity index (χ0) is 42.3. The number of furan rings is 1. The van der Waals surface area contributed by atoms with Gasteiger partial charge in [-0.25, -0.2) is 9.98 Å².